The van der Waals surface area contributed by atoms with Gasteiger partial charge in [0.1, 0.15) is 0 Å². The second-order valence-electron chi connectivity index (χ2n) is 26.3. The van der Waals surface area contributed by atoms with Crippen LogP contribution >= 0.6 is 0 Å². The Bertz CT molecular complexity index is 1360. The fourth-order valence-electron chi connectivity index (χ4n) is 12.1. The van der Waals surface area contributed by atoms with Crippen LogP contribution < -0.4 is 5.32 Å². The molecule has 2 unspecified atom stereocenters. The minimum Gasteiger partial charge on any atom is -0.466 e. The van der Waals surface area contributed by atoms with Gasteiger partial charge in [0.2, 0.25) is 5.91 Å². The molecule has 84 heavy (non-hydrogen) atoms. The fourth-order valence-corrected chi connectivity index (χ4v) is 12.1. The van der Waals surface area contributed by atoms with Gasteiger partial charge in [-0.3, -0.25) is 9.59 Å². The number of carbonyl (C=O) groups is 2. The van der Waals surface area contributed by atoms with Gasteiger partial charge in [-0.15, -0.1) is 0 Å². The monoisotopic (exact) mass is 1180 g/mol. The zero-order valence-electron chi connectivity index (χ0n) is 56.9. The second-order valence-corrected chi connectivity index (χ2v) is 26.3. The first-order valence-corrected chi connectivity index (χ1v) is 38.3. The highest BCUT2D eigenvalue weighted by Crippen LogP contribution is 2.19. The Morgan fingerprint density at radius 3 is 0.905 bits per heavy atom. The maximum atomic E-state index is 12.5. The molecule has 0 aromatic heterocycles. The molecule has 0 aliphatic rings. The number of aliphatic hydroxyl groups excluding tert-OH is 2. The predicted octanol–water partition coefficient (Wildman–Crippen LogP) is 25.0. The highest BCUT2D eigenvalue weighted by atomic mass is 16.5. The lowest BCUT2D eigenvalue weighted by molar-refractivity contribution is -0.143. The number of carbonyl (C=O) groups excluding carboxylic acids is 2. The Labute approximate surface area is 525 Å². The van der Waals surface area contributed by atoms with Crippen LogP contribution in [0.2, 0.25) is 0 Å². The molecule has 6 heteroatoms. The van der Waals surface area contributed by atoms with E-state index in [2.05, 4.69) is 43.5 Å². The van der Waals surface area contributed by atoms with E-state index in [1.807, 2.05) is 6.08 Å². The van der Waals surface area contributed by atoms with Gasteiger partial charge in [-0.1, -0.05) is 384 Å². The number of allylic oxidation sites excluding steroid dienone is 5. The molecule has 0 saturated heterocycles. The summed E-state index contributed by atoms with van der Waals surface area (Å²) < 4.78 is 5.51. The molecule has 0 rings (SSSR count). The Morgan fingerprint density at radius 2 is 0.595 bits per heavy atom. The van der Waals surface area contributed by atoms with Crippen molar-refractivity contribution in [2.45, 2.75) is 437 Å². The number of rotatable bonds is 72. The molecule has 0 spiro atoms. The molecule has 0 heterocycles. The highest BCUT2D eigenvalue weighted by molar-refractivity contribution is 5.76. The maximum Gasteiger partial charge on any atom is 0.305 e. The topological polar surface area (TPSA) is 95.9 Å². The van der Waals surface area contributed by atoms with Crippen LogP contribution in [0.5, 0.6) is 0 Å². The van der Waals surface area contributed by atoms with Crippen LogP contribution in [0.15, 0.2) is 36.5 Å². The first kappa shape index (κ1) is 82.1. The van der Waals surface area contributed by atoms with Gasteiger partial charge in [-0.2, -0.15) is 0 Å². The molecule has 0 fully saturated rings. The van der Waals surface area contributed by atoms with Crippen molar-refractivity contribution < 1.29 is 24.5 Å². The molecule has 2 atom stereocenters. The molecule has 0 aromatic carbocycles. The predicted molar refractivity (Wildman–Crippen MR) is 370 cm³/mol. The first-order valence-electron chi connectivity index (χ1n) is 38.3. The second kappa shape index (κ2) is 73.5. The quantitative estimate of drug-likeness (QED) is 0.0320. The van der Waals surface area contributed by atoms with Crippen molar-refractivity contribution in [3.63, 3.8) is 0 Å². The SMILES string of the molecule is CCCCCCCCCCCC/C=C/C(O)C(CO)NC(=O)CCCCCCCCCCCCCCCCCCC/C=C\C/C=C\CCCCCCCCCCCCCCCOC(=O)CCCCCCCCCCCCCCCCCCCC. The Kier molecular flexibility index (Phi) is 71.9. The number of nitrogens with one attached hydrogen (secondary N) is 1. The molecule has 0 aromatic rings. The summed E-state index contributed by atoms with van der Waals surface area (Å²) in [6.07, 6.45) is 95.5. The van der Waals surface area contributed by atoms with Gasteiger partial charge >= 0.3 is 5.97 Å². The summed E-state index contributed by atoms with van der Waals surface area (Å²) in [5.74, 6) is -0.0407. The number of esters is 1. The summed E-state index contributed by atoms with van der Waals surface area (Å²) in [7, 11) is 0. The van der Waals surface area contributed by atoms with E-state index in [4.69, 9.17) is 4.74 Å². The van der Waals surface area contributed by atoms with Crippen LogP contribution in [-0.2, 0) is 14.3 Å². The smallest absolute Gasteiger partial charge is 0.305 e. The number of ether oxygens (including phenoxy) is 1. The van der Waals surface area contributed by atoms with Crippen molar-refractivity contribution >= 4 is 11.9 Å². The average Bonchev–Trinajstić information content (AvgIpc) is 3.52. The number of hydrogen-bond acceptors (Lipinski definition) is 5. The molecule has 0 aliphatic carbocycles. The van der Waals surface area contributed by atoms with E-state index in [0.717, 1.165) is 44.9 Å². The van der Waals surface area contributed by atoms with Crippen LogP contribution in [-0.4, -0.2) is 47.4 Å². The molecular weight excluding hydrogens is 1030 g/mol. The fraction of sp³-hybridized carbons (Fsp3) is 0.897. The molecule has 3 N–H and O–H groups in total. The zero-order chi connectivity index (χ0) is 60.6. The Hall–Kier alpha value is -1.92. The van der Waals surface area contributed by atoms with Crippen molar-refractivity contribution in [3.8, 4) is 0 Å². The summed E-state index contributed by atoms with van der Waals surface area (Å²) in [6.45, 7) is 4.94. The number of hydrogen-bond donors (Lipinski definition) is 3. The summed E-state index contributed by atoms with van der Waals surface area (Å²) in [5.41, 5.74) is 0. The van der Waals surface area contributed by atoms with Crippen molar-refractivity contribution in [2.75, 3.05) is 13.2 Å². The lowest BCUT2D eigenvalue weighted by Crippen LogP contribution is -2.45. The zero-order valence-corrected chi connectivity index (χ0v) is 56.9. The Morgan fingerprint density at radius 1 is 0.333 bits per heavy atom. The van der Waals surface area contributed by atoms with Crippen molar-refractivity contribution in [3.05, 3.63) is 36.5 Å². The largest absolute Gasteiger partial charge is 0.466 e. The molecule has 0 bridgehead atoms. The Balaban J connectivity index is 3.34. The summed E-state index contributed by atoms with van der Waals surface area (Å²) in [4.78, 5) is 24.6. The van der Waals surface area contributed by atoms with E-state index in [0.29, 0.717) is 19.4 Å². The molecule has 6 nitrogen and oxygen atoms in total. The summed E-state index contributed by atoms with van der Waals surface area (Å²) in [5, 5.41) is 23.1. The molecule has 496 valence electrons. The van der Waals surface area contributed by atoms with Crippen molar-refractivity contribution in [2.24, 2.45) is 0 Å². The molecule has 0 radical (unpaired) electrons. The molecule has 1 amide bonds. The van der Waals surface area contributed by atoms with Crippen LogP contribution in [0.1, 0.15) is 425 Å². The average molecular weight is 1180 g/mol. The van der Waals surface area contributed by atoms with Crippen LogP contribution in [0, 0.1) is 0 Å². The lowest BCUT2D eigenvalue weighted by Gasteiger charge is -2.20. The molecule has 0 saturated carbocycles. The summed E-state index contributed by atoms with van der Waals surface area (Å²) in [6, 6.07) is -0.625. The van der Waals surface area contributed by atoms with Crippen molar-refractivity contribution in [1.82, 2.24) is 5.32 Å². The lowest BCUT2D eigenvalue weighted by atomic mass is 10.0. The third-order valence-corrected chi connectivity index (χ3v) is 17.9. The number of aliphatic hydroxyl groups is 2. The van der Waals surface area contributed by atoms with E-state index >= 15 is 0 Å². The molecule has 0 aliphatic heterocycles. The van der Waals surface area contributed by atoms with Gasteiger partial charge in [-0.25, -0.2) is 0 Å². The maximum absolute atomic E-state index is 12.5. The molecular formula is C78H149NO5. The van der Waals surface area contributed by atoms with Crippen molar-refractivity contribution in [1.29, 1.82) is 0 Å². The third kappa shape index (κ3) is 69.2. The summed E-state index contributed by atoms with van der Waals surface area (Å²) >= 11 is 0. The first-order chi connectivity index (χ1) is 41.5. The van der Waals surface area contributed by atoms with Gasteiger partial charge in [0.05, 0.1) is 25.4 Å². The van der Waals surface area contributed by atoms with Gasteiger partial charge in [0.15, 0.2) is 0 Å². The van der Waals surface area contributed by atoms with Crippen LogP contribution in [0.25, 0.3) is 0 Å². The standard InChI is InChI=1S/C78H149NO5/c1-3-5-7-9-11-13-15-17-18-19-42-45-48-52-56-60-64-68-72-78(83)84-73-69-65-61-57-53-49-46-43-40-38-36-34-32-30-28-26-24-22-20-21-23-25-27-29-31-33-35-37-39-41-44-47-51-55-59-63-67-71-77(82)79-75(74-80)76(81)70-66-62-58-54-50-16-14-12-10-8-6-4-2/h20,22,26,28,66,70,75-76,80-81H,3-19,21,23-25,27,29-65,67-69,71-74H2,1-2H3,(H,79,82)/b22-20-,28-26-,70-66+. The van der Waals surface area contributed by atoms with Gasteiger partial charge < -0.3 is 20.3 Å². The number of unbranched alkanes of at least 4 members (excludes halogenated alkanes) is 57. The third-order valence-electron chi connectivity index (χ3n) is 17.9. The van der Waals surface area contributed by atoms with E-state index < -0.39 is 12.1 Å². The minimum atomic E-state index is -0.841. The van der Waals surface area contributed by atoms with Crippen LogP contribution in [0.3, 0.4) is 0 Å². The van der Waals surface area contributed by atoms with E-state index in [9.17, 15) is 19.8 Å². The van der Waals surface area contributed by atoms with E-state index in [1.165, 1.54) is 353 Å². The highest BCUT2D eigenvalue weighted by Gasteiger charge is 2.18. The van der Waals surface area contributed by atoms with Crippen LogP contribution in [0.4, 0.5) is 0 Å². The number of amides is 1. The van der Waals surface area contributed by atoms with Gasteiger partial charge in [0, 0.05) is 12.8 Å². The van der Waals surface area contributed by atoms with Gasteiger partial charge in [0.25, 0.3) is 0 Å². The van der Waals surface area contributed by atoms with Gasteiger partial charge in [-0.05, 0) is 64.2 Å². The normalized spacial score (nSPS) is 12.7. The minimum absolute atomic E-state index is 0.0236. The van der Waals surface area contributed by atoms with E-state index in [1.54, 1.807) is 6.08 Å². The van der Waals surface area contributed by atoms with E-state index in [-0.39, 0.29) is 18.5 Å².